The third-order valence-corrected chi connectivity index (χ3v) is 8.98. The van der Waals surface area contributed by atoms with E-state index >= 15 is 0 Å². The van der Waals surface area contributed by atoms with Crippen LogP contribution in [0.15, 0.2) is 74.0 Å². The number of furan rings is 1. The summed E-state index contributed by atoms with van der Waals surface area (Å²) in [5.41, 5.74) is -1.98. The van der Waals surface area contributed by atoms with E-state index in [4.69, 9.17) is 4.42 Å². The lowest BCUT2D eigenvalue weighted by atomic mass is 10.0. The Bertz CT molecular complexity index is 1840. The zero-order chi connectivity index (χ0) is 30.4. The lowest BCUT2D eigenvalue weighted by Crippen LogP contribution is -2.43. The number of rotatable bonds is 8. The molecule has 5 rings (SSSR count). The van der Waals surface area contributed by atoms with E-state index in [2.05, 4.69) is 4.98 Å². The fourth-order valence-electron chi connectivity index (χ4n) is 5.09. The van der Waals surface area contributed by atoms with Gasteiger partial charge in [0.2, 0.25) is 5.09 Å². The highest BCUT2D eigenvalue weighted by Crippen LogP contribution is 2.31. The van der Waals surface area contributed by atoms with Crippen LogP contribution in [0.5, 0.6) is 0 Å². The monoisotopic (exact) mass is 604 g/mol. The highest BCUT2D eigenvalue weighted by Gasteiger charge is 2.40. The summed E-state index contributed by atoms with van der Waals surface area (Å²) in [7, 11) is -4.12. The molecule has 4 heterocycles. The van der Waals surface area contributed by atoms with Crippen molar-refractivity contribution in [2.75, 3.05) is 6.54 Å². The van der Waals surface area contributed by atoms with Crippen molar-refractivity contribution in [2.24, 2.45) is 0 Å². The van der Waals surface area contributed by atoms with Crippen LogP contribution in [0.1, 0.15) is 50.3 Å². The molecule has 1 saturated heterocycles. The highest BCUT2D eigenvalue weighted by molar-refractivity contribution is 7.89. The molecule has 0 spiro atoms. The first-order valence-electron chi connectivity index (χ1n) is 13.2. The van der Waals surface area contributed by atoms with E-state index in [1.54, 1.807) is 38.1 Å². The number of Topliss-reactive ketones (excluding diaryl/α,β-unsaturated/α-hetero) is 1. The van der Waals surface area contributed by atoms with Gasteiger partial charge in [-0.15, -0.1) is 0 Å². The zero-order valence-corrected chi connectivity index (χ0v) is 23.5. The van der Waals surface area contributed by atoms with E-state index in [-0.39, 0.29) is 35.9 Å². The summed E-state index contributed by atoms with van der Waals surface area (Å²) in [5, 5.41) is 0.344. The lowest BCUT2D eigenvalue weighted by Gasteiger charge is -2.22. The maximum Gasteiger partial charge on any atom is 0.417 e. The van der Waals surface area contributed by atoms with Gasteiger partial charge in [-0.3, -0.25) is 18.7 Å². The molecule has 0 aliphatic carbocycles. The summed E-state index contributed by atoms with van der Waals surface area (Å²) in [6.45, 7) is 3.32. The van der Waals surface area contributed by atoms with Crippen molar-refractivity contribution in [1.29, 1.82) is 0 Å². The molecule has 1 atom stereocenters. The number of carbonyl (C=O) groups excluding carboxylic acids is 1. The van der Waals surface area contributed by atoms with Gasteiger partial charge in [-0.05, 0) is 51.3 Å². The normalized spacial score (nSPS) is 16.5. The molecule has 14 heteroatoms. The van der Waals surface area contributed by atoms with E-state index < -0.39 is 50.9 Å². The van der Waals surface area contributed by atoms with Crippen molar-refractivity contribution in [2.45, 2.75) is 62.9 Å². The van der Waals surface area contributed by atoms with Crippen LogP contribution in [0, 0.1) is 0 Å². The maximum absolute atomic E-state index is 13.4. The van der Waals surface area contributed by atoms with Gasteiger partial charge < -0.3 is 4.42 Å². The molecule has 0 bridgehead atoms. The Morgan fingerprint density at radius 3 is 2.52 bits per heavy atom. The third kappa shape index (κ3) is 5.43. The molecule has 1 aromatic carbocycles. The number of halogens is 3. The molecule has 1 aliphatic heterocycles. The van der Waals surface area contributed by atoms with Crippen molar-refractivity contribution >= 4 is 26.8 Å². The number of nitrogens with zero attached hydrogens (tertiary/aromatic N) is 4. The third-order valence-electron chi connectivity index (χ3n) is 7.21. The first kappa shape index (κ1) is 29.5. The molecular formula is C28H27F3N4O6S. The molecule has 1 aliphatic rings. The molecular weight excluding hydrogens is 577 g/mol. The number of para-hydroxylation sites is 1. The topological polar surface area (TPSA) is 124 Å². The SMILES string of the molecule is CC(C)n1c(=O)c(CCC(=O)[C@@H]2CCCN2S(=O)(=O)c2cc3ccccc3o2)cn(-c2ccc(C(F)(F)F)cn2)c1=O. The molecule has 0 amide bonds. The second-order valence-electron chi connectivity index (χ2n) is 10.3. The predicted octanol–water partition coefficient (Wildman–Crippen LogP) is 4.10. The number of sulfonamides is 1. The molecule has 42 heavy (non-hydrogen) atoms. The van der Waals surface area contributed by atoms with Crippen LogP contribution in [-0.4, -0.2) is 45.2 Å². The van der Waals surface area contributed by atoms with Crippen LogP contribution in [0.2, 0.25) is 0 Å². The second kappa shape index (κ2) is 11.0. The van der Waals surface area contributed by atoms with Crippen molar-refractivity contribution in [3.8, 4) is 5.82 Å². The summed E-state index contributed by atoms with van der Waals surface area (Å²) in [6.07, 6.45) is -2.44. The number of benzene rings is 1. The van der Waals surface area contributed by atoms with Crippen LogP contribution in [0.4, 0.5) is 13.2 Å². The molecule has 0 saturated carbocycles. The Morgan fingerprint density at radius 1 is 1.14 bits per heavy atom. The van der Waals surface area contributed by atoms with Crippen molar-refractivity contribution in [3.63, 3.8) is 0 Å². The standard InChI is InChI=1S/C28H27F3N4O6S/c1-17(2)35-26(37)19(16-33(27(35)38)24-12-10-20(15-32-24)28(29,30)31)9-11-22(36)21-7-5-13-34(21)42(39,40)25-14-18-6-3-4-8-23(18)41-25/h3-4,6,8,10,12,14-17,21H,5,7,9,11,13H2,1-2H3/t21-/m0/s1. The van der Waals surface area contributed by atoms with Gasteiger partial charge in [-0.25, -0.2) is 18.2 Å². The number of hydrogen-bond acceptors (Lipinski definition) is 7. The van der Waals surface area contributed by atoms with Gasteiger partial charge in [0.1, 0.15) is 11.4 Å². The lowest BCUT2D eigenvalue weighted by molar-refractivity contribution is -0.137. The molecule has 1 fully saturated rings. The Hall–Kier alpha value is -4.04. The van der Waals surface area contributed by atoms with Gasteiger partial charge in [-0.1, -0.05) is 18.2 Å². The summed E-state index contributed by atoms with van der Waals surface area (Å²) < 4.78 is 74.4. The molecule has 0 radical (unpaired) electrons. The zero-order valence-electron chi connectivity index (χ0n) is 22.7. The smallest absolute Gasteiger partial charge is 0.417 e. The van der Waals surface area contributed by atoms with Crippen molar-refractivity contribution in [3.05, 3.63) is 86.8 Å². The number of pyridine rings is 1. The average molecular weight is 605 g/mol. The molecule has 0 unspecified atom stereocenters. The molecule has 10 nitrogen and oxygen atoms in total. The number of aromatic nitrogens is 3. The number of carbonyl (C=O) groups is 1. The quantitative estimate of drug-likeness (QED) is 0.297. The summed E-state index contributed by atoms with van der Waals surface area (Å²) in [5.74, 6) is -0.540. The van der Waals surface area contributed by atoms with E-state index in [0.29, 0.717) is 30.0 Å². The van der Waals surface area contributed by atoms with Gasteiger partial charge in [0.25, 0.3) is 15.6 Å². The number of aryl methyl sites for hydroxylation is 1. The van der Waals surface area contributed by atoms with Crippen LogP contribution in [-0.2, 0) is 27.4 Å². The molecule has 4 aromatic rings. The molecule has 3 aromatic heterocycles. The predicted molar refractivity (Wildman–Crippen MR) is 146 cm³/mol. The summed E-state index contributed by atoms with van der Waals surface area (Å²) in [6, 6.07) is 8.48. The van der Waals surface area contributed by atoms with Gasteiger partial charge in [0.05, 0.1) is 11.6 Å². The Morgan fingerprint density at radius 2 is 1.88 bits per heavy atom. The first-order valence-corrected chi connectivity index (χ1v) is 14.7. The van der Waals surface area contributed by atoms with Gasteiger partial charge >= 0.3 is 11.9 Å². The van der Waals surface area contributed by atoms with Crippen LogP contribution >= 0.6 is 0 Å². The summed E-state index contributed by atoms with van der Waals surface area (Å²) >= 11 is 0. The minimum Gasteiger partial charge on any atom is -0.443 e. The Kier molecular flexibility index (Phi) is 7.70. The number of fused-ring (bicyclic) bond motifs is 1. The maximum atomic E-state index is 13.4. The highest BCUT2D eigenvalue weighted by atomic mass is 32.2. The van der Waals surface area contributed by atoms with Crippen molar-refractivity contribution < 1.29 is 30.8 Å². The average Bonchev–Trinajstić information content (AvgIpc) is 3.61. The van der Waals surface area contributed by atoms with E-state index in [9.17, 15) is 36.0 Å². The second-order valence-corrected chi connectivity index (χ2v) is 12.1. The van der Waals surface area contributed by atoms with E-state index in [0.717, 1.165) is 25.6 Å². The minimum absolute atomic E-state index is 0.0584. The fourth-order valence-corrected chi connectivity index (χ4v) is 6.72. The Labute approximate surface area is 238 Å². The van der Waals surface area contributed by atoms with Crippen LogP contribution < -0.4 is 11.2 Å². The van der Waals surface area contributed by atoms with Gasteiger partial charge in [0, 0.05) is 48.4 Å². The van der Waals surface area contributed by atoms with Crippen molar-refractivity contribution in [1.82, 2.24) is 18.4 Å². The number of hydrogen-bond donors (Lipinski definition) is 0. The minimum atomic E-state index is -4.62. The van der Waals surface area contributed by atoms with E-state index in [1.807, 2.05) is 0 Å². The van der Waals surface area contributed by atoms with Crippen LogP contribution in [0.3, 0.4) is 0 Å². The largest absolute Gasteiger partial charge is 0.443 e. The van der Waals surface area contributed by atoms with Crippen LogP contribution in [0.25, 0.3) is 16.8 Å². The van der Waals surface area contributed by atoms with E-state index in [1.165, 1.54) is 12.3 Å². The van der Waals surface area contributed by atoms with Gasteiger partial charge in [-0.2, -0.15) is 17.5 Å². The molecule has 0 N–H and O–H groups in total. The first-order chi connectivity index (χ1) is 19.8. The summed E-state index contributed by atoms with van der Waals surface area (Å²) in [4.78, 5) is 43.4. The Balaban J connectivity index is 1.41. The molecule has 222 valence electrons. The van der Waals surface area contributed by atoms with Gasteiger partial charge in [0.15, 0.2) is 5.78 Å². The number of alkyl halides is 3. The number of ketones is 1. The fraction of sp³-hybridized carbons (Fsp3) is 0.357.